The second-order valence-electron chi connectivity index (χ2n) is 4.63. The molecule has 0 saturated carbocycles. The number of nitrogens with one attached hydrogen (secondary N) is 2. The zero-order valence-electron chi connectivity index (χ0n) is 13.4. The molecule has 1 aromatic carbocycles. The molecule has 1 fully saturated rings. The van der Waals surface area contributed by atoms with Crippen molar-refractivity contribution in [2.45, 2.75) is 12.3 Å². The van der Waals surface area contributed by atoms with E-state index in [1.165, 1.54) is 21.3 Å². The topological polar surface area (TPSA) is 98.6 Å². The van der Waals surface area contributed by atoms with Crippen molar-refractivity contribution < 1.29 is 70.7 Å². The van der Waals surface area contributed by atoms with E-state index in [-0.39, 0.29) is 56.5 Å². The summed E-state index contributed by atoms with van der Waals surface area (Å²) in [5, 5.41) is 26.9. The van der Waals surface area contributed by atoms with Crippen LogP contribution in [0.15, 0.2) is 12.1 Å². The molecule has 0 bridgehead atoms. The summed E-state index contributed by atoms with van der Waals surface area (Å²) in [7, 11) is 4.50. The van der Waals surface area contributed by atoms with Gasteiger partial charge in [0.15, 0.2) is 16.6 Å². The smallest absolute Gasteiger partial charge is 0.835 e. The first kappa shape index (κ1) is 20.4. The first-order chi connectivity index (χ1) is 10.5. The molecule has 3 atom stereocenters. The molecule has 0 aromatic heterocycles. The average molecular weight is 361 g/mol. The van der Waals surface area contributed by atoms with Gasteiger partial charge >= 0.3 is 51.4 Å². The van der Waals surface area contributed by atoms with Gasteiger partial charge in [-0.25, -0.2) is 0 Å². The molecule has 0 aliphatic carbocycles. The number of thiocarbonyl (C=S) groups is 1. The van der Waals surface area contributed by atoms with E-state index in [0.29, 0.717) is 22.8 Å². The van der Waals surface area contributed by atoms with Crippen LogP contribution in [0, 0.1) is 17.2 Å². The van der Waals surface area contributed by atoms with Crippen LogP contribution >= 0.6 is 12.2 Å². The molecule has 1 aliphatic rings. The van der Waals surface area contributed by atoms with Crippen LogP contribution in [0.1, 0.15) is 11.6 Å². The Labute approximate surface area is 182 Å². The Morgan fingerprint density at radius 2 is 1.70 bits per heavy atom. The molecule has 3 unspecified atom stereocenters. The second-order valence-corrected chi connectivity index (χ2v) is 5.04. The van der Waals surface area contributed by atoms with Crippen molar-refractivity contribution in [3.05, 3.63) is 17.7 Å². The number of nitrogens with zero attached hydrogens (tertiary/aromatic N) is 1. The zero-order valence-corrected chi connectivity index (χ0v) is 17.3. The molecule has 1 saturated heterocycles. The molecule has 118 valence electrons. The zero-order chi connectivity index (χ0) is 16.3. The van der Waals surface area contributed by atoms with Gasteiger partial charge in [-0.3, -0.25) is 0 Å². The maximum absolute atomic E-state index is 12.0. The maximum Gasteiger partial charge on any atom is 1.00 e. The van der Waals surface area contributed by atoms with Gasteiger partial charge in [0.2, 0.25) is 5.75 Å². The standard InChI is InChI=1S/C14H16N3O4S.K/c1-19-9-4-7(5-10(20-2)12(9)21-3)11-8(6-15)13(18)17-14(22)16-11;/h4-5,8,11,13H,1-3H3,(H2,16,17,22);/q-1;+1. The Morgan fingerprint density at radius 3 is 2.13 bits per heavy atom. The number of hydrogen-bond donors (Lipinski definition) is 2. The van der Waals surface area contributed by atoms with Crippen molar-refractivity contribution in [3.63, 3.8) is 0 Å². The third-order valence-electron chi connectivity index (χ3n) is 3.44. The summed E-state index contributed by atoms with van der Waals surface area (Å²) >= 11 is 5.01. The molecule has 7 nitrogen and oxygen atoms in total. The predicted octanol–water partition coefficient (Wildman–Crippen LogP) is -2.94. The van der Waals surface area contributed by atoms with Crippen LogP contribution < -0.4 is 81.3 Å². The van der Waals surface area contributed by atoms with Crippen LogP contribution in [-0.4, -0.2) is 32.7 Å². The van der Waals surface area contributed by atoms with Crippen LogP contribution in [0.25, 0.3) is 0 Å². The van der Waals surface area contributed by atoms with Crippen molar-refractivity contribution in [1.82, 2.24) is 10.6 Å². The van der Waals surface area contributed by atoms with E-state index in [0.717, 1.165) is 0 Å². The third kappa shape index (κ3) is 4.27. The Bertz CT molecular complexity index is 598. The third-order valence-corrected chi connectivity index (χ3v) is 3.68. The quantitative estimate of drug-likeness (QED) is 0.434. The van der Waals surface area contributed by atoms with E-state index in [1.54, 1.807) is 12.1 Å². The van der Waals surface area contributed by atoms with E-state index in [2.05, 4.69) is 10.6 Å². The Morgan fingerprint density at radius 1 is 1.13 bits per heavy atom. The Balaban J connectivity index is 0.00000264. The molecule has 0 spiro atoms. The van der Waals surface area contributed by atoms with Gasteiger partial charge in [-0.15, -0.1) is 0 Å². The summed E-state index contributed by atoms with van der Waals surface area (Å²) in [6.45, 7) is 0. The van der Waals surface area contributed by atoms with Crippen LogP contribution in [0.4, 0.5) is 0 Å². The molecule has 1 aliphatic heterocycles. The number of hydrogen-bond acceptors (Lipinski definition) is 6. The normalized spacial score (nSPS) is 22.7. The molecule has 1 aromatic rings. The molecule has 2 N–H and O–H groups in total. The van der Waals surface area contributed by atoms with Crippen molar-refractivity contribution in [2.75, 3.05) is 21.3 Å². The van der Waals surface area contributed by atoms with Crippen molar-refractivity contribution >= 4 is 17.3 Å². The first-order valence-corrected chi connectivity index (χ1v) is 6.88. The van der Waals surface area contributed by atoms with Crippen molar-refractivity contribution in [1.29, 1.82) is 5.26 Å². The van der Waals surface area contributed by atoms with Gasteiger partial charge < -0.3 is 30.0 Å². The number of ether oxygens (including phenoxy) is 3. The molecular formula is C14H16KN3O4S. The van der Waals surface area contributed by atoms with Gasteiger partial charge in [-0.2, -0.15) is 5.26 Å². The van der Waals surface area contributed by atoms with Crippen LogP contribution in [0.3, 0.4) is 0 Å². The molecule has 9 heteroatoms. The van der Waals surface area contributed by atoms with E-state index in [4.69, 9.17) is 26.4 Å². The number of benzene rings is 1. The summed E-state index contributed by atoms with van der Waals surface area (Å²) in [6, 6.07) is 4.85. The molecule has 1 heterocycles. The summed E-state index contributed by atoms with van der Waals surface area (Å²) in [6.07, 6.45) is -1.30. The van der Waals surface area contributed by atoms with Gasteiger partial charge in [0.1, 0.15) is 0 Å². The predicted molar refractivity (Wildman–Crippen MR) is 80.6 cm³/mol. The minimum Gasteiger partial charge on any atom is -0.835 e. The van der Waals surface area contributed by atoms with Crippen LogP contribution in [-0.2, 0) is 0 Å². The summed E-state index contributed by atoms with van der Waals surface area (Å²) in [5.41, 5.74) is 0.658. The number of methoxy groups -OCH3 is 3. The maximum atomic E-state index is 12.0. The van der Waals surface area contributed by atoms with Gasteiger partial charge in [-0.05, 0) is 36.1 Å². The second kappa shape index (κ2) is 9.03. The number of nitriles is 1. The first-order valence-electron chi connectivity index (χ1n) is 6.48. The van der Waals surface area contributed by atoms with E-state index < -0.39 is 18.2 Å². The van der Waals surface area contributed by atoms with E-state index >= 15 is 0 Å². The minimum absolute atomic E-state index is 0. The summed E-state index contributed by atoms with van der Waals surface area (Å²) < 4.78 is 15.8. The molecule has 23 heavy (non-hydrogen) atoms. The monoisotopic (exact) mass is 361 g/mol. The van der Waals surface area contributed by atoms with Gasteiger partial charge in [0.05, 0.1) is 39.4 Å². The molecule has 0 amide bonds. The van der Waals surface area contributed by atoms with Crippen LogP contribution in [0.2, 0.25) is 0 Å². The van der Waals surface area contributed by atoms with Crippen LogP contribution in [0.5, 0.6) is 17.2 Å². The fraction of sp³-hybridized carbons (Fsp3) is 0.429. The number of rotatable bonds is 4. The molecule has 2 rings (SSSR count). The minimum atomic E-state index is -1.30. The fourth-order valence-corrected chi connectivity index (χ4v) is 2.62. The van der Waals surface area contributed by atoms with Gasteiger partial charge in [0, 0.05) is 0 Å². The molecule has 0 radical (unpaired) electrons. The summed E-state index contributed by atoms with van der Waals surface area (Å²) in [4.78, 5) is 0. The van der Waals surface area contributed by atoms with Gasteiger partial charge in [0.25, 0.3) is 0 Å². The fourth-order valence-electron chi connectivity index (χ4n) is 2.38. The Hall–Kier alpha value is -0.604. The van der Waals surface area contributed by atoms with E-state index in [9.17, 15) is 10.4 Å². The van der Waals surface area contributed by atoms with Crippen molar-refractivity contribution in [3.8, 4) is 23.3 Å². The average Bonchev–Trinajstić information content (AvgIpc) is 2.52. The largest absolute Gasteiger partial charge is 1.00 e. The summed E-state index contributed by atoms with van der Waals surface area (Å²) in [5.74, 6) is 0.497. The Kier molecular flexibility index (Phi) is 8.03. The van der Waals surface area contributed by atoms with E-state index in [1.807, 2.05) is 6.07 Å². The SMILES string of the molecule is COc1cc(C2NC(=S)NC([O-])C2C#N)cc(OC)c1OC.[K+]. The molecular weight excluding hydrogens is 345 g/mol. The van der Waals surface area contributed by atoms with Gasteiger partial charge in [-0.1, -0.05) is 0 Å². The van der Waals surface area contributed by atoms with Crippen molar-refractivity contribution in [2.24, 2.45) is 5.92 Å².